The van der Waals surface area contributed by atoms with Crippen molar-refractivity contribution >= 4 is 16.6 Å². The van der Waals surface area contributed by atoms with Gasteiger partial charge in [-0.15, -0.1) is 5.10 Å². The third-order valence-electron chi connectivity index (χ3n) is 3.67. The molecule has 2 N–H and O–H groups in total. The van der Waals surface area contributed by atoms with Crippen molar-refractivity contribution in [3.8, 4) is 11.6 Å². The average molecular weight is 315 g/mol. The van der Waals surface area contributed by atoms with Gasteiger partial charge in [0, 0.05) is 17.7 Å². The molecule has 3 rings (SSSR count). The van der Waals surface area contributed by atoms with Gasteiger partial charge in [0.1, 0.15) is 5.75 Å². The van der Waals surface area contributed by atoms with Crippen molar-refractivity contribution in [2.75, 3.05) is 14.2 Å². The molecule has 3 aromatic rings. The quantitative estimate of drug-likeness (QED) is 0.697. The molecule has 0 bridgehead atoms. The third kappa shape index (κ3) is 2.85. The lowest BCUT2D eigenvalue weighted by Gasteiger charge is -2.11. The number of quaternary nitrogens is 1. The fraction of sp³-hybridized carbons (Fsp3) is 0.188. The van der Waals surface area contributed by atoms with Crippen LogP contribution in [0, 0.1) is 5.21 Å². The van der Waals surface area contributed by atoms with E-state index < -0.39 is 5.23 Å². The molecule has 1 heterocycles. The second kappa shape index (κ2) is 6.25. The Morgan fingerprint density at radius 2 is 1.96 bits per heavy atom. The molecule has 0 fully saturated rings. The van der Waals surface area contributed by atoms with Crippen LogP contribution < -0.4 is 14.7 Å². The first-order valence-electron chi connectivity index (χ1n) is 7.03. The van der Waals surface area contributed by atoms with Crippen LogP contribution in [0.15, 0.2) is 42.5 Å². The smallest absolute Gasteiger partial charge is 0.240 e. The van der Waals surface area contributed by atoms with E-state index in [-0.39, 0.29) is 5.69 Å². The van der Waals surface area contributed by atoms with Gasteiger partial charge in [0.2, 0.25) is 5.88 Å². The van der Waals surface area contributed by atoms with Gasteiger partial charge in [-0.3, -0.25) is 4.68 Å². The Hall–Kier alpha value is -2.61. The van der Waals surface area contributed by atoms with Gasteiger partial charge in [0.05, 0.1) is 31.7 Å². The van der Waals surface area contributed by atoms with Crippen molar-refractivity contribution in [1.29, 1.82) is 0 Å². The summed E-state index contributed by atoms with van der Waals surface area (Å²) in [5, 5.41) is 24.4. The zero-order valence-corrected chi connectivity index (χ0v) is 12.8. The molecule has 7 nitrogen and oxygen atoms in total. The molecule has 0 aliphatic heterocycles. The molecule has 23 heavy (non-hydrogen) atoms. The highest BCUT2D eigenvalue weighted by molar-refractivity contribution is 5.86. The first kappa shape index (κ1) is 15.3. The van der Waals surface area contributed by atoms with E-state index in [1.165, 1.54) is 7.11 Å². The normalized spacial score (nSPS) is 12.3. The fourth-order valence-electron chi connectivity index (χ4n) is 2.55. The van der Waals surface area contributed by atoms with Crippen LogP contribution in [0.3, 0.4) is 0 Å². The van der Waals surface area contributed by atoms with Crippen LogP contribution in [0.1, 0.15) is 5.56 Å². The number of hydrogen-bond donors (Lipinski definition) is 2. The number of hydrogen-bond acceptors (Lipinski definition) is 5. The Kier molecular flexibility index (Phi) is 4.16. The molecule has 1 aromatic heterocycles. The Morgan fingerprint density at radius 3 is 2.65 bits per heavy atom. The predicted octanol–water partition coefficient (Wildman–Crippen LogP) is 1.51. The zero-order chi connectivity index (χ0) is 16.4. The maximum atomic E-state index is 11.1. The van der Waals surface area contributed by atoms with Crippen molar-refractivity contribution in [2.45, 2.75) is 6.54 Å². The van der Waals surface area contributed by atoms with Crippen LogP contribution in [0.25, 0.3) is 10.9 Å². The number of para-hydroxylation sites is 1. The molecular formula is C16H17N3O4. The first-order valence-corrected chi connectivity index (χ1v) is 7.03. The first-order chi connectivity index (χ1) is 11.1. The van der Waals surface area contributed by atoms with Crippen LogP contribution in [-0.4, -0.2) is 29.2 Å². The summed E-state index contributed by atoms with van der Waals surface area (Å²) in [6.07, 6.45) is 0. The van der Waals surface area contributed by atoms with Crippen LogP contribution in [0.2, 0.25) is 0 Å². The Labute approximate surface area is 132 Å². The minimum Gasteiger partial charge on any atom is -0.595 e. The predicted molar refractivity (Wildman–Crippen MR) is 84.2 cm³/mol. The monoisotopic (exact) mass is 315 g/mol. The van der Waals surface area contributed by atoms with Crippen molar-refractivity contribution in [1.82, 2.24) is 9.78 Å². The van der Waals surface area contributed by atoms with Gasteiger partial charge in [0.25, 0.3) is 0 Å². The SMILES string of the molecule is COc1ccccc1Cn1nc(OC)c2cc([NH+]([O-])O)ccc21. The van der Waals surface area contributed by atoms with E-state index in [0.29, 0.717) is 17.8 Å². The molecule has 0 aliphatic carbocycles. The molecule has 1 unspecified atom stereocenters. The van der Waals surface area contributed by atoms with E-state index in [1.807, 2.05) is 24.3 Å². The van der Waals surface area contributed by atoms with Gasteiger partial charge >= 0.3 is 0 Å². The molecule has 2 aromatic carbocycles. The van der Waals surface area contributed by atoms with E-state index in [4.69, 9.17) is 14.7 Å². The van der Waals surface area contributed by atoms with Crippen molar-refractivity contribution in [3.63, 3.8) is 0 Å². The van der Waals surface area contributed by atoms with Crippen LogP contribution in [-0.2, 0) is 6.54 Å². The maximum Gasteiger partial charge on any atom is 0.240 e. The van der Waals surface area contributed by atoms with Gasteiger partial charge < -0.3 is 14.7 Å². The van der Waals surface area contributed by atoms with Gasteiger partial charge in [-0.05, 0) is 12.1 Å². The van der Waals surface area contributed by atoms with Gasteiger partial charge in [-0.25, -0.2) is 5.21 Å². The largest absolute Gasteiger partial charge is 0.595 e. The van der Waals surface area contributed by atoms with Crippen molar-refractivity contribution < 1.29 is 19.9 Å². The lowest BCUT2D eigenvalue weighted by molar-refractivity contribution is -0.991. The van der Waals surface area contributed by atoms with Crippen molar-refractivity contribution in [2.24, 2.45) is 0 Å². The van der Waals surface area contributed by atoms with E-state index in [9.17, 15) is 5.21 Å². The highest BCUT2D eigenvalue weighted by Crippen LogP contribution is 2.28. The van der Waals surface area contributed by atoms with Gasteiger partial charge in [-0.1, -0.05) is 18.2 Å². The highest BCUT2D eigenvalue weighted by Gasteiger charge is 2.15. The lowest BCUT2D eigenvalue weighted by atomic mass is 10.2. The average Bonchev–Trinajstić information content (AvgIpc) is 2.92. The summed E-state index contributed by atoms with van der Waals surface area (Å²) in [5.41, 5.74) is 1.98. The standard InChI is InChI=1S/C16H17N3O4/c1-22-15-6-4-3-5-11(15)10-18-14-8-7-12(19(20)21)9-13(14)16(17-18)23-2/h3-9,19-20H,10H2,1-2H3. The van der Waals surface area contributed by atoms with Crippen LogP contribution >= 0.6 is 0 Å². The Morgan fingerprint density at radius 1 is 1.17 bits per heavy atom. The fourth-order valence-corrected chi connectivity index (χ4v) is 2.55. The molecule has 0 aliphatic rings. The molecule has 7 heteroatoms. The second-order valence-electron chi connectivity index (χ2n) is 5.02. The van der Waals surface area contributed by atoms with Crippen LogP contribution in [0.4, 0.5) is 5.69 Å². The minimum atomic E-state index is -0.980. The summed E-state index contributed by atoms with van der Waals surface area (Å²) < 4.78 is 12.4. The van der Waals surface area contributed by atoms with Gasteiger partial charge in [-0.2, -0.15) is 5.23 Å². The summed E-state index contributed by atoms with van der Waals surface area (Å²) >= 11 is 0. The molecule has 0 spiro atoms. The summed E-state index contributed by atoms with van der Waals surface area (Å²) in [4.78, 5) is 0. The number of methoxy groups -OCH3 is 2. The maximum absolute atomic E-state index is 11.1. The molecule has 0 amide bonds. The molecule has 1 atom stereocenters. The van der Waals surface area contributed by atoms with Crippen LogP contribution in [0.5, 0.6) is 11.6 Å². The minimum absolute atomic E-state index is 0.202. The van der Waals surface area contributed by atoms with Crippen molar-refractivity contribution in [3.05, 3.63) is 53.2 Å². The molecule has 0 saturated carbocycles. The van der Waals surface area contributed by atoms with E-state index in [0.717, 1.165) is 16.8 Å². The second-order valence-corrected chi connectivity index (χ2v) is 5.02. The molecule has 0 saturated heterocycles. The van der Waals surface area contributed by atoms with E-state index in [2.05, 4.69) is 5.10 Å². The highest BCUT2D eigenvalue weighted by atomic mass is 16.8. The van der Waals surface area contributed by atoms with Gasteiger partial charge in [0.15, 0.2) is 5.69 Å². The Balaban J connectivity index is 2.07. The lowest BCUT2D eigenvalue weighted by Crippen LogP contribution is -2.99. The van der Waals surface area contributed by atoms with E-state index in [1.54, 1.807) is 30.0 Å². The number of nitrogens with zero attached hydrogens (tertiary/aromatic N) is 2. The zero-order valence-electron chi connectivity index (χ0n) is 12.8. The Bertz CT molecular complexity index is 829. The third-order valence-corrected chi connectivity index (χ3v) is 3.67. The number of benzene rings is 2. The number of rotatable bonds is 5. The summed E-state index contributed by atoms with van der Waals surface area (Å²) in [7, 11) is 3.14. The molecule has 120 valence electrons. The molecular weight excluding hydrogens is 298 g/mol. The molecule has 0 radical (unpaired) electrons. The number of aromatic nitrogens is 2. The van der Waals surface area contributed by atoms with E-state index >= 15 is 0 Å². The summed E-state index contributed by atoms with van der Waals surface area (Å²) in [6, 6.07) is 12.6. The summed E-state index contributed by atoms with van der Waals surface area (Å²) in [6.45, 7) is 0.496. The number of nitrogens with one attached hydrogen (secondary N) is 1. The summed E-state index contributed by atoms with van der Waals surface area (Å²) in [5.74, 6) is 1.18. The topological polar surface area (TPSA) is 84.0 Å². The number of fused-ring (bicyclic) bond motifs is 1. The number of ether oxygens (including phenoxy) is 2.